The lowest BCUT2D eigenvalue weighted by molar-refractivity contribution is 0.589. The van der Waals surface area contributed by atoms with Gasteiger partial charge < -0.3 is 5.02 Å². The summed E-state index contributed by atoms with van der Waals surface area (Å²) in [6.45, 7) is 0.743. The molecule has 0 amide bonds. The first-order valence-electron chi connectivity index (χ1n) is 2.71. The summed E-state index contributed by atoms with van der Waals surface area (Å²) in [6, 6.07) is 0. The third-order valence-electron chi connectivity index (χ3n) is 1.15. The predicted octanol–water partition coefficient (Wildman–Crippen LogP) is -0.241. The van der Waals surface area contributed by atoms with Crippen LogP contribution in [0.25, 0.3) is 0 Å². The minimum absolute atomic E-state index is 0.216. The fourth-order valence-electron chi connectivity index (χ4n) is 0.643. The Morgan fingerprint density at radius 3 is 3.00 bits per heavy atom. The van der Waals surface area contributed by atoms with Crippen molar-refractivity contribution in [3.05, 3.63) is 12.2 Å². The molecule has 1 unspecified atom stereocenters. The molecule has 0 radical (unpaired) electrons. The van der Waals surface area contributed by atoms with Crippen molar-refractivity contribution in [3.8, 4) is 0 Å². The van der Waals surface area contributed by atoms with Crippen molar-refractivity contribution in [2.45, 2.75) is 5.82 Å². The smallest absolute Gasteiger partial charge is 0.279 e. The lowest BCUT2D eigenvalue weighted by Crippen LogP contribution is -2.05. The van der Waals surface area contributed by atoms with E-state index in [1.807, 2.05) is 12.2 Å². The molecule has 42 valence electrons. The van der Waals surface area contributed by atoms with E-state index in [0.29, 0.717) is 0 Å². The van der Waals surface area contributed by atoms with Gasteiger partial charge in [-0.3, -0.25) is 4.99 Å². The van der Waals surface area contributed by atoms with Gasteiger partial charge in [-0.05, 0) is 11.9 Å². The molecule has 2 nitrogen and oxygen atoms in total. The Morgan fingerprint density at radius 2 is 2.62 bits per heavy atom. The first-order chi connectivity index (χ1) is 3.93. The van der Waals surface area contributed by atoms with Crippen molar-refractivity contribution in [2.75, 3.05) is 6.54 Å². The summed E-state index contributed by atoms with van der Waals surface area (Å²) in [4.78, 5) is 3.96. The van der Waals surface area contributed by atoms with E-state index in [0.717, 1.165) is 6.54 Å². The summed E-state index contributed by atoms with van der Waals surface area (Å²) in [5.74, 6) is 0.264. The van der Waals surface area contributed by atoms with Gasteiger partial charge in [0, 0.05) is 12.8 Å². The van der Waals surface area contributed by atoms with Crippen LogP contribution in [0.2, 0.25) is 5.82 Å². The molecule has 1 rings (SSSR count). The summed E-state index contributed by atoms with van der Waals surface area (Å²) in [5, 5.41) is 8.57. The summed E-state index contributed by atoms with van der Waals surface area (Å²) >= 11 is 0. The van der Waals surface area contributed by atoms with E-state index >= 15 is 0 Å². The monoisotopic (exact) mass is 109 g/mol. The van der Waals surface area contributed by atoms with Crippen LogP contribution in [0.1, 0.15) is 0 Å². The first-order valence-corrected chi connectivity index (χ1v) is 2.71. The molecule has 0 saturated carbocycles. The molecule has 3 heteroatoms. The van der Waals surface area contributed by atoms with E-state index in [1.54, 1.807) is 6.21 Å². The van der Waals surface area contributed by atoms with Gasteiger partial charge in [-0.15, -0.1) is 0 Å². The normalized spacial score (nSPS) is 25.9. The van der Waals surface area contributed by atoms with Crippen LogP contribution in [0.5, 0.6) is 0 Å². The molecule has 1 atom stereocenters. The van der Waals surface area contributed by atoms with Crippen molar-refractivity contribution in [2.24, 2.45) is 4.99 Å². The van der Waals surface area contributed by atoms with Crippen molar-refractivity contribution in [3.63, 3.8) is 0 Å². The molecule has 0 aliphatic carbocycles. The molecular formula is C5H8BNO. The topological polar surface area (TPSA) is 32.6 Å². The highest BCUT2D eigenvalue weighted by molar-refractivity contribution is 6.29. The average molecular weight is 109 g/mol. The molecule has 1 aliphatic heterocycles. The average Bonchev–Trinajstić information content (AvgIpc) is 1.90. The van der Waals surface area contributed by atoms with E-state index in [-0.39, 0.29) is 13.3 Å². The van der Waals surface area contributed by atoms with E-state index in [1.165, 1.54) is 0 Å². The fourth-order valence-corrected chi connectivity index (χ4v) is 0.643. The Balaban J connectivity index is 2.40. The molecule has 0 bridgehead atoms. The Kier molecular flexibility index (Phi) is 1.86. The van der Waals surface area contributed by atoms with Gasteiger partial charge in [-0.2, -0.15) is 0 Å². The number of nitrogens with zero attached hydrogens (tertiary/aromatic N) is 1. The van der Waals surface area contributed by atoms with Crippen LogP contribution < -0.4 is 0 Å². The van der Waals surface area contributed by atoms with Crippen LogP contribution in [0, 0.1) is 0 Å². The van der Waals surface area contributed by atoms with Gasteiger partial charge in [0.2, 0.25) is 0 Å². The minimum atomic E-state index is 0.216. The van der Waals surface area contributed by atoms with Crippen molar-refractivity contribution >= 4 is 13.7 Å². The van der Waals surface area contributed by atoms with E-state index in [4.69, 9.17) is 5.02 Å². The standard InChI is InChI=1S/C5H8BNO/c8-6-5-2-1-3-7-4-5/h1-3,5-6,8H,4H2. The number of dihydropyridines is 1. The lowest BCUT2D eigenvalue weighted by atomic mass is 9.80. The van der Waals surface area contributed by atoms with Crippen LogP contribution in [-0.4, -0.2) is 25.3 Å². The van der Waals surface area contributed by atoms with Crippen molar-refractivity contribution < 1.29 is 5.02 Å². The number of allylic oxidation sites excluding steroid dienone is 1. The summed E-state index contributed by atoms with van der Waals surface area (Å²) in [5.41, 5.74) is 0. The Bertz CT molecular complexity index is 122. The summed E-state index contributed by atoms with van der Waals surface area (Å²) < 4.78 is 0. The van der Waals surface area contributed by atoms with Gasteiger partial charge in [-0.25, -0.2) is 0 Å². The molecule has 1 N–H and O–H groups in total. The van der Waals surface area contributed by atoms with Crippen molar-refractivity contribution in [1.82, 2.24) is 0 Å². The van der Waals surface area contributed by atoms with Crippen LogP contribution >= 0.6 is 0 Å². The maximum Gasteiger partial charge on any atom is 0.279 e. The second-order valence-corrected chi connectivity index (χ2v) is 1.84. The molecule has 0 aromatic heterocycles. The molecule has 0 aromatic rings. The fraction of sp³-hybridized carbons (Fsp3) is 0.400. The molecule has 0 saturated heterocycles. The summed E-state index contributed by atoms with van der Waals surface area (Å²) in [7, 11) is 0.216. The minimum Gasteiger partial charge on any atom is -0.453 e. The second-order valence-electron chi connectivity index (χ2n) is 1.84. The number of aliphatic imine (C=N–C) groups is 1. The predicted molar refractivity (Wildman–Crippen MR) is 35.6 cm³/mol. The van der Waals surface area contributed by atoms with Crippen LogP contribution in [0.4, 0.5) is 0 Å². The molecule has 1 aliphatic rings. The maximum absolute atomic E-state index is 8.57. The molecule has 1 heterocycles. The first kappa shape index (κ1) is 5.57. The van der Waals surface area contributed by atoms with Gasteiger partial charge in [0.15, 0.2) is 0 Å². The highest BCUT2D eigenvalue weighted by Crippen LogP contribution is 2.06. The zero-order valence-corrected chi connectivity index (χ0v) is 4.62. The van der Waals surface area contributed by atoms with E-state index in [9.17, 15) is 0 Å². The molecule has 0 fully saturated rings. The lowest BCUT2D eigenvalue weighted by Gasteiger charge is -2.04. The third-order valence-corrected chi connectivity index (χ3v) is 1.15. The summed E-state index contributed by atoms with van der Waals surface area (Å²) in [6.07, 6.45) is 5.59. The van der Waals surface area contributed by atoms with Gasteiger partial charge in [0.1, 0.15) is 0 Å². The number of hydrogen-bond acceptors (Lipinski definition) is 2. The Hall–Kier alpha value is -0.565. The molecule has 0 spiro atoms. The highest BCUT2D eigenvalue weighted by atomic mass is 16.2. The van der Waals surface area contributed by atoms with Gasteiger partial charge in [-0.1, -0.05) is 6.08 Å². The van der Waals surface area contributed by atoms with E-state index < -0.39 is 0 Å². The molecule has 0 aromatic carbocycles. The van der Waals surface area contributed by atoms with Crippen molar-refractivity contribution in [1.29, 1.82) is 0 Å². The SMILES string of the molecule is OBC1C=CC=NC1. The second kappa shape index (κ2) is 2.67. The van der Waals surface area contributed by atoms with Gasteiger partial charge >= 0.3 is 0 Å². The maximum atomic E-state index is 8.57. The quantitative estimate of drug-likeness (QED) is 0.463. The van der Waals surface area contributed by atoms with Gasteiger partial charge in [0.25, 0.3) is 7.48 Å². The Morgan fingerprint density at radius 1 is 1.75 bits per heavy atom. The van der Waals surface area contributed by atoms with E-state index in [2.05, 4.69) is 4.99 Å². The Labute approximate surface area is 49.2 Å². The zero-order chi connectivity index (χ0) is 5.82. The third kappa shape index (κ3) is 1.20. The van der Waals surface area contributed by atoms with Crippen LogP contribution in [0.3, 0.4) is 0 Å². The number of rotatable bonds is 1. The highest BCUT2D eigenvalue weighted by Gasteiger charge is 2.04. The largest absolute Gasteiger partial charge is 0.453 e. The molecule has 8 heavy (non-hydrogen) atoms. The van der Waals surface area contributed by atoms with Crippen LogP contribution in [0.15, 0.2) is 17.1 Å². The molecular weight excluding hydrogens is 101 g/mol. The zero-order valence-electron chi connectivity index (χ0n) is 4.62. The van der Waals surface area contributed by atoms with Gasteiger partial charge in [0.05, 0.1) is 0 Å². The number of hydrogen-bond donors (Lipinski definition) is 1. The van der Waals surface area contributed by atoms with Crippen LogP contribution in [-0.2, 0) is 0 Å².